The van der Waals surface area contributed by atoms with E-state index in [0.717, 1.165) is 42.5 Å². The van der Waals surface area contributed by atoms with E-state index >= 15 is 0 Å². The standard InChI is InChI=1S/C24H18N4O11S3.3Na/c25-24-19-4-2-1-3-18(19)23(42(37,38)39)13-20(24)27-26-16-9-7-14(21(11-16)40(31,32)33)5-6-15-8-10-17(28(29)30)12-22(15)41(34,35)36;;;/h1-13H,25H2,(H,31,32,33)(H,34,35,36)(H,37,38,39);;;/q;3*+1/p-3/b6-5+,27-26?;;;. The number of anilines is 1. The fraction of sp³-hybridized carbons (Fsp3) is 0. The van der Waals surface area contributed by atoms with Crippen molar-refractivity contribution < 1.29 is 133 Å². The number of benzene rings is 4. The number of nitro benzene ring substituents is 1. The third kappa shape index (κ3) is 9.95. The Hall–Kier alpha value is -1.59. The van der Waals surface area contributed by atoms with Crippen LogP contribution in [0.5, 0.6) is 0 Å². The SMILES string of the molecule is Nc1c(N=Nc2ccc(/C=C/c3ccc([N+](=O)[O-])cc3S(=O)(=O)[O-])c(S(=O)(=O)[O-])c2)cc(S(=O)(=O)[O-])c2ccccc12.[Na+].[Na+].[Na+]. The van der Waals surface area contributed by atoms with Crippen LogP contribution >= 0.6 is 0 Å². The quantitative estimate of drug-likeness (QED) is 0.0343. The van der Waals surface area contributed by atoms with Crippen molar-refractivity contribution in [3.63, 3.8) is 0 Å². The maximum Gasteiger partial charge on any atom is 1.00 e. The topological polar surface area (TPSA) is 265 Å². The first kappa shape index (κ1) is 41.4. The van der Waals surface area contributed by atoms with Crippen LogP contribution in [0.1, 0.15) is 11.1 Å². The minimum Gasteiger partial charge on any atom is -0.744 e. The zero-order valence-electron chi connectivity index (χ0n) is 23.6. The fourth-order valence-electron chi connectivity index (χ4n) is 3.86. The Morgan fingerprint density at radius 2 is 1.13 bits per heavy atom. The van der Waals surface area contributed by atoms with Gasteiger partial charge in [0.1, 0.15) is 36.0 Å². The van der Waals surface area contributed by atoms with Crippen LogP contribution in [-0.2, 0) is 30.4 Å². The Labute approximate surface area is 323 Å². The van der Waals surface area contributed by atoms with E-state index in [1.165, 1.54) is 24.3 Å². The molecule has 15 nitrogen and oxygen atoms in total. The van der Waals surface area contributed by atoms with E-state index in [2.05, 4.69) is 10.2 Å². The Balaban J connectivity index is 0.00000337. The van der Waals surface area contributed by atoms with Gasteiger partial charge in [0.15, 0.2) is 0 Å². The largest absolute Gasteiger partial charge is 1.00 e. The maximum atomic E-state index is 12.0. The first-order valence-corrected chi connectivity index (χ1v) is 15.4. The smallest absolute Gasteiger partial charge is 0.744 e. The minimum atomic E-state index is -5.18. The normalized spacial score (nSPS) is 12.0. The number of nitro groups is 1. The van der Waals surface area contributed by atoms with Crippen LogP contribution in [0.15, 0.2) is 91.6 Å². The number of rotatable bonds is 8. The van der Waals surface area contributed by atoms with Crippen LogP contribution in [0.25, 0.3) is 22.9 Å². The van der Waals surface area contributed by atoms with Gasteiger partial charge >= 0.3 is 88.7 Å². The van der Waals surface area contributed by atoms with Crippen LogP contribution in [-0.4, -0.2) is 43.8 Å². The van der Waals surface area contributed by atoms with Crippen LogP contribution in [0.2, 0.25) is 0 Å². The molecule has 0 spiro atoms. The summed E-state index contributed by atoms with van der Waals surface area (Å²) in [7, 11) is -15.3. The molecule has 4 aromatic carbocycles. The van der Waals surface area contributed by atoms with Gasteiger partial charge in [-0.1, -0.05) is 42.5 Å². The summed E-state index contributed by atoms with van der Waals surface area (Å²) < 4.78 is 106. The van der Waals surface area contributed by atoms with Gasteiger partial charge < -0.3 is 19.4 Å². The molecule has 0 heterocycles. The summed E-state index contributed by atoms with van der Waals surface area (Å²) in [6, 6.07) is 12.3. The Morgan fingerprint density at radius 3 is 1.64 bits per heavy atom. The molecule has 0 saturated carbocycles. The number of nitrogens with two attached hydrogens (primary N) is 1. The van der Waals surface area contributed by atoms with Gasteiger partial charge in [-0.15, -0.1) is 5.11 Å². The third-order valence-electron chi connectivity index (χ3n) is 5.76. The van der Waals surface area contributed by atoms with E-state index in [0.29, 0.717) is 6.07 Å². The summed E-state index contributed by atoms with van der Waals surface area (Å²) in [5, 5.41) is 18.9. The second-order valence-corrected chi connectivity index (χ2v) is 12.5. The maximum absolute atomic E-state index is 12.0. The molecule has 0 amide bonds. The monoisotopic (exact) mass is 700 g/mol. The van der Waals surface area contributed by atoms with Crippen molar-refractivity contribution in [2.45, 2.75) is 14.7 Å². The summed E-state index contributed by atoms with van der Waals surface area (Å²) in [5.74, 6) is 0. The van der Waals surface area contributed by atoms with Gasteiger partial charge in [0.25, 0.3) is 5.69 Å². The van der Waals surface area contributed by atoms with Crippen molar-refractivity contribution >= 4 is 76.0 Å². The van der Waals surface area contributed by atoms with Gasteiger partial charge in [0.2, 0.25) is 0 Å². The number of nitrogen functional groups attached to an aromatic ring is 1. The van der Waals surface area contributed by atoms with Gasteiger partial charge in [-0.25, -0.2) is 25.3 Å². The number of nitrogens with zero attached hydrogens (tertiary/aromatic N) is 3. The number of non-ortho nitro benzene ring substituents is 1. The number of hydrogen-bond donors (Lipinski definition) is 1. The molecule has 0 aliphatic heterocycles. The Bertz CT molecular complexity index is 2180. The molecule has 0 radical (unpaired) electrons. The van der Waals surface area contributed by atoms with Gasteiger partial charge in [-0.05, 0) is 35.4 Å². The first-order valence-electron chi connectivity index (χ1n) is 11.2. The van der Waals surface area contributed by atoms with Crippen LogP contribution < -0.4 is 94.4 Å². The van der Waals surface area contributed by atoms with Crippen LogP contribution in [0.4, 0.5) is 22.7 Å². The molecule has 45 heavy (non-hydrogen) atoms. The first-order chi connectivity index (χ1) is 19.5. The number of hydrogen-bond acceptors (Lipinski definition) is 14. The summed E-state index contributed by atoms with van der Waals surface area (Å²) in [5.41, 5.74) is 4.34. The molecule has 218 valence electrons. The molecule has 4 aromatic rings. The molecule has 0 aliphatic rings. The molecule has 0 aromatic heterocycles. The second kappa shape index (κ2) is 16.0. The molecule has 0 saturated heterocycles. The Kier molecular flexibility index (Phi) is 14.7. The number of fused-ring (bicyclic) bond motifs is 1. The van der Waals surface area contributed by atoms with Gasteiger partial charge in [-0.2, -0.15) is 5.11 Å². The van der Waals surface area contributed by atoms with Crippen LogP contribution in [0.3, 0.4) is 0 Å². The van der Waals surface area contributed by atoms with Crippen molar-refractivity contribution in [1.29, 1.82) is 0 Å². The van der Waals surface area contributed by atoms with E-state index in [1.807, 2.05) is 0 Å². The molecule has 2 N–H and O–H groups in total. The van der Waals surface area contributed by atoms with E-state index in [9.17, 15) is 49.0 Å². The van der Waals surface area contributed by atoms with Crippen molar-refractivity contribution in [2.75, 3.05) is 5.73 Å². The predicted molar refractivity (Wildman–Crippen MR) is 145 cm³/mol. The molecule has 0 unspecified atom stereocenters. The van der Waals surface area contributed by atoms with Crippen LogP contribution in [0, 0.1) is 10.1 Å². The second-order valence-electron chi connectivity index (χ2n) is 8.45. The van der Waals surface area contributed by atoms with E-state index in [1.54, 1.807) is 6.07 Å². The summed E-state index contributed by atoms with van der Waals surface area (Å²) >= 11 is 0. The molecule has 0 aliphatic carbocycles. The Morgan fingerprint density at radius 1 is 0.644 bits per heavy atom. The van der Waals surface area contributed by atoms with Crippen molar-refractivity contribution in [3.05, 3.63) is 88.0 Å². The molecule has 0 atom stereocenters. The number of azo groups is 1. The van der Waals surface area contributed by atoms with Crippen molar-refractivity contribution in [2.24, 2.45) is 10.2 Å². The van der Waals surface area contributed by atoms with E-state index < -0.39 is 55.7 Å². The fourth-order valence-corrected chi connectivity index (χ4v) is 5.94. The predicted octanol–water partition coefficient (Wildman–Crippen LogP) is -5.36. The average Bonchev–Trinajstić information content (AvgIpc) is 2.90. The molecule has 4 rings (SSSR count). The molecular weight excluding hydrogens is 685 g/mol. The minimum absolute atomic E-state index is 0. The summed E-state index contributed by atoms with van der Waals surface area (Å²) in [4.78, 5) is 7.65. The summed E-state index contributed by atoms with van der Waals surface area (Å²) in [6.07, 6.45) is 1.97. The molecule has 0 bridgehead atoms. The van der Waals surface area contributed by atoms with Crippen molar-refractivity contribution in [1.82, 2.24) is 0 Å². The zero-order chi connectivity index (χ0) is 31.0. The molecular formula is C24H15N4Na3O11S3. The third-order valence-corrected chi connectivity index (χ3v) is 8.42. The summed E-state index contributed by atoms with van der Waals surface area (Å²) in [6.45, 7) is 0. The molecule has 0 fully saturated rings. The zero-order valence-corrected chi connectivity index (χ0v) is 32.1. The average molecular weight is 701 g/mol. The van der Waals surface area contributed by atoms with E-state index in [-0.39, 0.29) is 128 Å². The van der Waals surface area contributed by atoms with Gasteiger partial charge in [-0.3, -0.25) is 10.1 Å². The van der Waals surface area contributed by atoms with Crippen molar-refractivity contribution in [3.8, 4) is 0 Å². The van der Waals surface area contributed by atoms with E-state index in [4.69, 9.17) is 5.73 Å². The van der Waals surface area contributed by atoms with Gasteiger partial charge in [0.05, 0.1) is 31.0 Å². The van der Waals surface area contributed by atoms with Gasteiger partial charge in [0, 0.05) is 22.9 Å². The molecule has 21 heteroatoms.